The second-order valence-corrected chi connectivity index (χ2v) is 7.22. The van der Waals surface area contributed by atoms with Crippen LogP contribution in [0.1, 0.15) is 57.8 Å². The van der Waals surface area contributed by atoms with Gasteiger partial charge in [-0.05, 0) is 37.0 Å². The van der Waals surface area contributed by atoms with Gasteiger partial charge in [-0.1, -0.05) is 25.0 Å². The van der Waals surface area contributed by atoms with E-state index in [0.29, 0.717) is 5.56 Å². The standard InChI is InChI=1S/C20H21FN6O2/c1-12-8-13(6-7-15(12)21)10-22-18(28)16-9-17(27-20(26-16)23-11-24-27)19(29)25-14-4-2-3-5-14/h6-9,11,14H,2-5,10H2,1H3,(H,22,28)(H,25,29). The van der Waals surface area contributed by atoms with E-state index in [1.807, 2.05) is 0 Å². The highest BCUT2D eigenvalue weighted by molar-refractivity contribution is 5.98. The number of hydrogen-bond donors (Lipinski definition) is 2. The number of carbonyl (C=O) groups is 2. The molecule has 150 valence electrons. The fourth-order valence-electron chi connectivity index (χ4n) is 3.51. The Bertz CT molecular complexity index is 1070. The van der Waals surface area contributed by atoms with Crippen LogP contribution in [0.4, 0.5) is 4.39 Å². The monoisotopic (exact) mass is 396 g/mol. The predicted molar refractivity (Wildman–Crippen MR) is 103 cm³/mol. The third-order valence-electron chi connectivity index (χ3n) is 5.08. The molecule has 8 nitrogen and oxygen atoms in total. The Morgan fingerprint density at radius 1 is 1.21 bits per heavy atom. The molecular formula is C20H21FN6O2. The molecule has 4 rings (SSSR count). The molecule has 0 aliphatic heterocycles. The molecule has 29 heavy (non-hydrogen) atoms. The van der Waals surface area contributed by atoms with Gasteiger partial charge in [0.2, 0.25) is 0 Å². The van der Waals surface area contributed by atoms with Gasteiger partial charge in [-0.3, -0.25) is 9.59 Å². The molecule has 2 aromatic heterocycles. The summed E-state index contributed by atoms with van der Waals surface area (Å²) in [7, 11) is 0. The van der Waals surface area contributed by atoms with Crippen molar-refractivity contribution < 1.29 is 14.0 Å². The van der Waals surface area contributed by atoms with E-state index in [2.05, 4.69) is 25.7 Å². The van der Waals surface area contributed by atoms with Crippen molar-refractivity contribution >= 4 is 17.6 Å². The molecule has 1 aliphatic rings. The Balaban J connectivity index is 1.54. The van der Waals surface area contributed by atoms with Crippen LogP contribution in [-0.4, -0.2) is 37.4 Å². The molecule has 0 spiro atoms. The molecule has 1 aromatic carbocycles. The average Bonchev–Trinajstić information content (AvgIpc) is 3.39. The van der Waals surface area contributed by atoms with E-state index >= 15 is 0 Å². The zero-order valence-electron chi connectivity index (χ0n) is 16.0. The lowest BCUT2D eigenvalue weighted by atomic mass is 10.1. The summed E-state index contributed by atoms with van der Waals surface area (Å²) in [6.45, 7) is 1.87. The van der Waals surface area contributed by atoms with Crippen LogP contribution in [0.2, 0.25) is 0 Å². The lowest BCUT2D eigenvalue weighted by Gasteiger charge is -2.13. The first kappa shape index (κ1) is 19.0. The molecule has 0 radical (unpaired) electrons. The number of hydrogen-bond acceptors (Lipinski definition) is 5. The van der Waals surface area contributed by atoms with Gasteiger partial charge in [0.05, 0.1) is 0 Å². The second kappa shape index (κ2) is 7.94. The molecule has 0 atom stereocenters. The molecule has 2 heterocycles. The van der Waals surface area contributed by atoms with Crippen LogP contribution >= 0.6 is 0 Å². The van der Waals surface area contributed by atoms with Gasteiger partial charge in [-0.25, -0.2) is 9.37 Å². The smallest absolute Gasteiger partial charge is 0.270 e. The van der Waals surface area contributed by atoms with Gasteiger partial charge >= 0.3 is 0 Å². The summed E-state index contributed by atoms with van der Waals surface area (Å²) in [5, 5.41) is 9.78. The molecule has 1 saturated carbocycles. The van der Waals surface area contributed by atoms with Gasteiger partial charge in [-0.15, -0.1) is 0 Å². The van der Waals surface area contributed by atoms with Crippen LogP contribution < -0.4 is 10.6 Å². The largest absolute Gasteiger partial charge is 0.348 e. The Hall–Kier alpha value is -3.36. The highest BCUT2D eigenvalue weighted by Gasteiger charge is 2.22. The topological polar surface area (TPSA) is 101 Å². The summed E-state index contributed by atoms with van der Waals surface area (Å²) < 4.78 is 14.7. The van der Waals surface area contributed by atoms with Gasteiger partial charge < -0.3 is 10.6 Å². The van der Waals surface area contributed by atoms with E-state index < -0.39 is 5.91 Å². The fraction of sp³-hybridized carbons (Fsp3) is 0.350. The van der Waals surface area contributed by atoms with Crippen molar-refractivity contribution in [1.82, 2.24) is 30.2 Å². The Morgan fingerprint density at radius 2 is 2.00 bits per heavy atom. The van der Waals surface area contributed by atoms with Crippen LogP contribution in [0.5, 0.6) is 0 Å². The Morgan fingerprint density at radius 3 is 2.76 bits per heavy atom. The third-order valence-corrected chi connectivity index (χ3v) is 5.08. The number of aromatic nitrogens is 4. The third kappa shape index (κ3) is 4.08. The first-order chi connectivity index (χ1) is 14.0. The van der Waals surface area contributed by atoms with Crippen LogP contribution in [0.15, 0.2) is 30.6 Å². The van der Waals surface area contributed by atoms with Gasteiger partial charge in [0.1, 0.15) is 23.5 Å². The van der Waals surface area contributed by atoms with Crippen LogP contribution in [-0.2, 0) is 6.54 Å². The Kier molecular flexibility index (Phi) is 5.20. The van der Waals surface area contributed by atoms with E-state index in [0.717, 1.165) is 31.2 Å². The van der Waals surface area contributed by atoms with Gasteiger partial charge in [0.15, 0.2) is 0 Å². The number of fused-ring (bicyclic) bond motifs is 1. The summed E-state index contributed by atoms with van der Waals surface area (Å²) in [6, 6.07) is 6.19. The van der Waals surface area contributed by atoms with Crippen LogP contribution in [0, 0.1) is 12.7 Å². The van der Waals surface area contributed by atoms with Gasteiger partial charge in [0.25, 0.3) is 17.6 Å². The normalized spacial score (nSPS) is 14.3. The first-order valence-electron chi connectivity index (χ1n) is 9.56. The van der Waals surface area contributed by atoms with Crippen molar-refractivity contribution in [3.63, 3.8) is 0 Å². The quantitative estimate of drug-likeness (QED) is 0.688. The highest BCUT2D eigenvalue weighted by atomic mass is 19.1. The maximum Gasteiger partial charge on any atom is 0.270 e. The number of aryl methyl sites for hydroxylation is 1. The predicted octanol–water partition coefficient (Wildman–Crippen LogP) is 2.17. The lowest BCUT2D eigenvalue weighted by molar-refractivity contribution is 0.0930. The molecule has 0 unspecified atom stereocenters. The van der Waals surface area contributed by atoms with Gasteiger partial charge in [0, 0.05) is 18.7 Å². The number of nitrogens with one attached hydrogen (secondary N) is 2. The van der Waals surface area contributed by atoms with Crippen molar-refractivity contribution in [3.05, 3.63) is 58.9 Å². The van der Waals surface area contributed by atoms with Crippen molar-refractivity contribution in [3.8, 4) is 0 Å². The number of carbonyl (C=O) groups excluding carboxylic acids is 2. The molecule has 2 N–H and O–H groups in total. The SMILES string of the molecule is Cc1cc(CNC(=O)c2cc(C(=O)NC3CCCC3)n3ncnc3n2)ccc1F. The summed E-state index contributed by atoms with van der Waals surface area (Å²) in [5.41, 5.74) is 1.55. The van der Waals surface area contributed by atoms with Gasteiger partial charge in [-0.2, -0.15) is 14.6 Å². The molecule has 0 bridgehead atoms. The van der Waals surface area contributed by atoms with Crippen molar-refractivity contribution in [1.29, 1.82) is 0 Å². The zero-order chi connectivity index (χ0) is 20.4. The van der Waals surface area contributed by atoms with Crippen LogP contribution in [0.25, 0.3) is 5.78 Å². The number of amides is 2. The van der Waals surface area contributed by atoms with Crippen molar-refractivity contribution in [2.24, 2.45) is 0 Å². The summed E-state index contributed by atoms with van der Waals surface area (Å²) >= 11 is 0. The summed E-state index contributed by atoms with van der Waals surface area (Å²) in [4.78, 5) is 33.6. The first-order valence-corrected chi connectivity index (χ1v) is 9.56. The highest BCUT2D eigenvalue weighted by Crippen LogP contribution is 2.18. The van der Waals surface area contributed by atoms with E-state index in [1.54, 1.807) is 19.1 Å². The van der Waals surface area contributed by atoms with Crippen LogP contribution in [0.3, 0.4) is 0 Å². The minimum absolute atomic E-state index is 0.0703. The minimum Gasteiger partial charge on any atom is -0.348 e. The molecule has 2 amide bonds. The second-order valence-electron chi connectivity index (χ2n) is 7.22. The van der Waals surface area contributed by atoms with E-state index in [4.69, 9.17) is 0 Å². The van der Waals surface area contributed by atoms with E-state index in [-0.39, 0.29) is 41.5 Å². The van der Waals surface area contributed by atoms with E-state index in [9.17, 15) is 14.0 Å². The maximum atomic E-state index is 13.4. The number of rotatable bonds is 5. The van der Waals surface area contributed by atoms with E-state index in [1.165, 1.54) is 23.0 Å². The number of benzene rings is 1. The summed E-state index contributed by atoms with van der Waals surface area (Å²) in [6.07, 6.45) is 5.37. The minimum atomic E-state index is -0.451. The maximum absolute atomic E-state index is 13.4. The lowest BCUT2D eigenvalue weighted by Crippen LogP contribution is -2.34. The Labute approximate surface area is 166 Å². The summed E-state index contributed by atoms with van der Waals surface area (Å²) in [5.74, 6) is -0.880. The van der Waals surface area contributed by atoms with Crippen molar-refractivity contribution in [2.75, 3.05) is 0 Å². The average molecular weight is 396 g/mol. The molecule has 0 saturated heterocycles. The molecule has 1 aliphatic carbocycles. The molecule has 1 fully saturated rings. The number of nitrogens with zero attached hydrogens (tertiary/aromatic N) is 4. The number of halogens is 1. The molecular weight excluding hydrogens is 375 g/mol. The molecule has 9 heteroatoms. The zero-order valence-corrected chi connectivity index (χ0v) is 16.0. The van der Waals surface area contributed by atoms with Crippen molar-refractivity contribution in [2.45, 2.75) is 45.2 Å². The molecule has 3 aromatic rings. The fourth-order valence-corrected chi connectivity index (χ4v) is 3.51.